The first-order valence-electron chi connectivity index (χ1n) is 9.71. The number of hydrogen-bond donors (Lipinski definition) is 0. The molecule has 3 rings (SSSR count). The lowest BCUT2D eigenvalue weighted by Gasteiger charge is -2.39. The van der Waals surface area contributed by atoms with Crippen molar-refractivity contribution in [2.75, 3.05) is 6.61 Å². The lowest BCUT2D eigenvalue weighted by Crippen LogP contribution is -2.54. The highest BCUT2D eigenvalue weighted by Gasteiger charge is 2.55. The van der Waals surface area contributed by atoms with Crippen LogP contribution in [0.4, 0.5) is 18.0 Å². The van der Waals surface area contributed by atoms with Gasteiger partial charge >= 0.3 is 12.3 Å². The molecule has 172 valence electrons. The molecule has 1 aliphatic heterocycles. The molecule has 0 bridgehead atoms. The Hall–Kier alpha value is -2.71. The molecule has 1 amide bonds. The number of benzene rings is 1. The molecule has 1 aromatic heterocycles. The molecular formula is C21H23F3N4O3S. The van der Waals surface area contributed by atoms with Crippen LogP contribution in [0, 0.1) is 11.3 Å². The van der Waals surface area contributed by atoms with Crippen LogP contribution < -0.4 is 0 Å². The third-order valence-corrected chi connectivity index (χ3v) is 6.12. The van der Waals surface area contributed by atoms with Gasteiger partial charge in [0.2, 0.25) is 0 Å². The lowest BCUT2D eigenvalue weighted by atomic mass is 10.0. The Morgan fingerprint density at radius 1 is 1.25 bits per heavy atom. The van der Waals surface area contributed by atoms with Gasteiger partial charge < -0.3 is 9.47 Å². The summed E-state index contributed by atoms with van der Waals surface area (Å²) in [6.45, 7) is 10.5. The van der Waals surface area contributed by atoms with E-state index in [4.69, 9.17) is 14.7 Å². The Bertz CT molecular complexity index is 1090. The number of nitrogens with zero attached hydrogens (tertiary/aromatic N) is 4. The normalized spacial score (nSPS) is 20.8. The maximum Gasteiger partial charge on any atom is 0.417 e. The number of carbonyl (C=O) groups excluding carboxylic acids is 1. The van der Waals surface area contributed by atoms with Gasteiger partial charge in [-0.05, 0) is 53.7 Å². The van der Waals surface area contributed by atoms with E-state index in [-0.39, 0.29) is 17.2 Å². The average molecular weight is 469 g/mol. The first kappa shape index (κ1) is 23.9. The highest BCUT2D eigenvalue weighted by atomic mass is 32.1. The summed E-state index contributed by atoms with van der Waals surface area (Å²) in [6, 6.07) is 4.93. The minimum Gasteiger partial charge on any atom is -0.444 e. The van der Waals surface area contributed by atoms with Crippen molar-refractivity contribution in [2.45, 2.75) is 64.6 Å². The van der Waals surface area contributed by atoms with Gasteiger partial charge in [-0.1, -0.05) is 17.4 Å². The summed E-state index contributed by atoms with van der Waals surface area (Å²) < 4.78 is 51.4. The van der Waals surface area contributed by atoms with Gasteiger partial charge in [0, 0.05) is 5.56 Å². The van der Waals surface area contributed by atoms with Crippen LogP contribution in [0.1, 0.15) is 57.7 Å². The fourth-order valence-corrected chi connectivity index (χ4v) is 4.45. The van der Waals surface area contributed by atoms with Crippen molar-refractivity contribution in [3.05, 3.63) is 34.3 Å². The van der Waals surface area contributed by atoms with Crippen LogP contribution >= 0.6 is 11.3 Å². The van der Waals surface area contributed by atoms with Crippen LogP contribution in [0.25, 0.3) is 10.6 Å². The number of hydrogen-bond acceptors (Lipinski definition) is 7. The summed E-state index contributed by atoms with van der Waals surface area (Å²) >= 11 is 1.05. The number of aromatic nitrogens is 2. The summed E-state index contributed by atoms with van der Waals surface area (Å²) in [5.74, 6) is 0. The molecule has 0 radical (unpaired) electrons. The fourth-order valence-electron chi connectivity index (χ4n) is 3.49. The number of nitriles is 1. The standard InChI is InChI=1S/C21H23F3N4O3S/c1-18(2,3)31-17(29)28-19(4,5)30-11-20(28,6)16-27-26-15(32-16)12-7-8-13(10-25)14(9-12)21(22,23)24/h7-9H,11H2,1-6H3. The maximum atomic E-state index is 13.3. The molecule has 0 N–H and O–H groups in total. The number of rotatable bonds is 2. The third-order valence-electron chi connectivity index (χ3n) is 4.89. The maximum absolute atomic E-state index is 13.3. The SMILES string of the molecule is CC(C)(C)OC(=O)N1C(C)(C)OCC1(C)c1nnc(-c2ccc(C#N)c(C(F)(F)F)c2)s1. The summed E-state index contributed by atoms with van der Waals surface area (Å²) in [7, 11) is 0. The Morgan fingerprint density at radius 2 is 1.91 bits per heavy atom. The van der Waals surface area contributed by atoms with E-state index in [0.717, 1.165) is 23.5 Å². The van der Waals surface area contributed by atoms with E-state index in [1.54, 1.807) is 47.6 Å². The molecule has 0 spiro atoms. The van der Waals surface area contributed by atoms with Gasteiger partial charge in [0.1, 0.15) is 26.9 Å². The Labute approximate surface area is 187 Å². The van der Waals surface area contributed by atoms with Crippen molar-refractivity contribution in [2.24, 2.45) is 0 Å². The molecule has 1 aliphatic rings. The summed E-state index contributed by atoms with van der Waals surface area (Å²) in [5, 5.41) is 17.8. The molecule has 1 saturated heterocycles. The largest absolute Gasteiger partial charge is 0.444 e. The van der Waals surface area contributed by atoms with Crippen LogP contribution in [0.15, 0.2) is 18.2 Å². The molecule has 2 aromatic rings. The first-order valence-corrected chi connectivity index (χ1v) is 10.5. The molecule has 0 aliphatic carbocycles. The summed E-state index contributed by atoms with van der Waals surface area (Å²) in [4.78, 5) is 14.4. The predicted octanol–water partition coefficient (Wildman–Crippen LogP) is 5.31. The molecular weight excluding hydrogens is 445 g/mol. The van der Waals surface area contributed by atoms with E-state index in [2.05, 4.69) is 10.2 Å². The number of alkyl halides is 3. The topological polar surface area (TPSA) is 88.3 Å². The third kappa shape index (κ3) is 4.42. The zero-order valence-corrected chi connectivity index (χ0v) is 19.3. The second-order valence-corrected chi connectivity index (χ2v) is 10.1. The van der Waals surface area contributed by atoms with Crippen LogP contribution in [-0.4, -0.2) is 39.1 Å². The summed E-state index contributed by atoms with van der Waals surface area (Å²) in [5.41, 5.74) is -4.12. The van der Waals surface area contributed by atoms with E-state index < -0.39 is 40.3 Å². The van der Waals surface area contributed by atoms with E-state index in [1.165, 1.54) is 11.0 Å². The van der Waals surface area contributed by atoms with Crippen LogP contribution in [0.5, 0.6) is 0 Å². The van der Waals surface area contributed by atoms with Crippen molar-refractivity contribution in [1.29, 1.82) is 5.26 Å². The van der Waals surface area contributed by atoms with Gasteiger partial charge in [-0.15, -0.1) is 10.2 Å². The highest BCUT2D eigenvalue weighted by molar-refractivity contribution is 7.14. The van der Waals surface area contributed by atoms with Crippen LogP contribution in [-0.2, 0) is 21.2 Å². The van der Waals surface area contributed by atoms with Gasteiger partial charge in [0.25, 0.3) is 0 Å². The quantitative estimate of drug-likeness (QED) is 0.593. The molecule has 1 atom stereocenters. The van der Waals surface area contributed by atoms with Gasteiger partial charge in [-0.3, -0.25) is 4.90 Å². The molecule has 32 heavy (non-hydrogen) atoms. The van der Waals surface area contributed by atoms with E-state index in [0.29, 0.717) is 5.01 Å². The van der Waals surface area contributed by atoms with Gasteiger partial charge in [-0.2, -0.15) is 18.4 Å². The molecule has 1 unspecified atom stereocenters. The van der Waals surface area contributed by atoms with Gasteiger partial charge in [0.15, 0.2) is 0 Å². The van der Waals surface area contributed by atoms with E-state index >= 15 is 0 Å². The average Bonchev–Trinajstić information content (AvgIpc) is 3.23. The Morgan fingerprint density at radius 3 is 2.47 bits per heavy atom. The minimum absolute atomic E-state index is 0.106. The molecule has 1 fully saturated rings. The molecule has 0 saturated carbocycles. The number of amides is 1. The molecule has 7 nitrogen and oxygen atoms in total. The smallest absolute Gasteiger partial charge is 0.417 e. The Balaban J connectivity index is 2.02. The van der Waals surface area contributed by atoms with Crippen molar-refractivity contribution in [3.8, 4) is 16.6 Å². The fraction of sp³-hybridized carbons (Fsp3) is 0.524. The lowest BCUT2D eigenvalue weighted by molar-refractivity contribution is -0.137. The monoisotopic (exact) mass is 468 g/mol. The minimum atomic E-state index is -4.68. The molecule has 2 heterocycles. The van der Waals surface area contributed by atoms with Crippen molar-refractivity contribution in [3.63, 3.8) is 0 Å². The second-order valence-electron chi connectivity index (χ2n) is 9.11. The molecule has 11 heteroatoms. The number of ether oxygens (including phenoxy) is 2. The Kier molecular flexibility index (Phi) is 5.77. The predicted molar refractivity (Wildman–Crippen MR) is 111 cm³/mol. The van der Waals surface area contributed by atoms with Crippen molar-refractivity contribution >= 4 is 17.4 Å². The molecule has 1 aromatic carbocycles. The zero-order valence-electron chi connectivity index (χ0n) is 18.5. The first-order chi connectivity index (χ1) is 14.6. The number of halogens is 3. The highest BCUT2D eigenvalue weighted by Crippen LogP contribution is 2.45. The van der Waals surface area contributed by atoms with Crippen molar-refractivity contribution < 1.29 is 27.4 Å². The summed E-state index contributed by atoms with van der Waals surface area (Å²) in [6.07, 6.45) is -5.28. The van der Waals surface area contributed by atoms with Crippen LogP contribution in [0.2, 0.25) is 0 Å². The van der Waals surface area contributed by atoms with Gasteiger partial charge in [-0.25, -0.2) is 4.79 Å². The van der Waals surface area contributed by atoms with E-state index in [1.807, 2.05) is 0 Å². The van der Waals surface area contributed by atoms with Crippen LogP contribution in [0.3, 0.4) is 0 Å². The second kappa shape index (κ2) is 7.71. The number of carbonyl (C=O) groups is 1. The van der Waals surface area contributed by atoms with E-state index in [9.17, 15) is 18.0 Å². The van der Waals surface area contributed by atoms with Gasteiger partial charge in [0.05, 0.1) is 23.8 Å². The zero-order chi connectivity index (χ0) is 24.1. The van der Waals surface area contributed by atoms with Crippen molar-refractivity contribution in [1.82, 2.24) is 15.1 Å².